The summed E-state index contributed by atoms with van der Waals surface area (Å²) in [7, 11) is 1.55. The van der Waals surface area contributed by atoms with Crippen molar-refractivity contribution in [2.75, 3.05) is 18.6 Å². The van der Waals surface area contributed by atoms with Gasteiger partial charge in [0.1, 0.15) is 17.3 Å². The summed E-state index contributed by atoms with van der Waals surface area (Å²) in [5, 5.41) is 11.2. The Morgan fingerprint density at radius 3 is 2.69 bits per heavy atom. The predicted octanol–water partition coefficient (Wildman–Crippen LogP) is 3.65. The Morgan fingerprint density at radius 2 is 1.97 bits per heavy atom. The van der Waals surface area contributed by atoms with Gasteiger partial charge in [0.15, 0.2) is 0 Å². The number of benzene rings is 2. The second kappa shape index (κ2) is 7.85. The Bertz CT molecular complexity index is 1230. The van der Waals surface area contributed by atoms with Crippen LogP contribution in [-0.2, 0) is 16.0 Å². The highest BCUT2D eigenvalue weighted by molar-refractivity contribution is 6.51. The molecule has 3 heterocycles. The zero-order valence-corrected chi connectivity index (χ0v) is 17.3. The second-order valence-corrected chi connectivity index (χ2v) is 7.57. The van der Waals surface area contributed by atoms with Crippen molar-refractivity contribution in [3.05, 3.63) is 89.3 Å². The highest BCUT2D eigenvalue weighted by Gasteiger charge is 2.47. The van der Waals surface area contributed by atoms with E-state index in [1.807, 2.05) is 0 Å². The average Bonchev–Trinajstić information content (AvgIpc) is 3.41. The molecule has 1 saturated heterocycles. The lowest BCUT2D eigenvalue weighted by atomic mass is 9.95. The first kappa shape index (κ1) is 19.8. The molecule has 0 aliphatic carbocycles. The summed E-state index contributed by atoms with van der Waals surface area (Å²) >= 11 is 0. The molecule has 32 heavy (non-hydrogen) atoms. The lowest BCUT2D eigenvalue weighted by Gasteiger charge is -2.25. The van der Waals surface area contributed by atoms with Crippen LogP contribution in [0.15, 0.2) is 72.6 Å². The van der Waals surface area contributed by atoms with Gasteiger partial charge in [-0.25, -0.2) is 0 Å². The molecule has 3 aromatic rings. The molecule has 1 aromatic heterocycles. The van der Waals surface area contributed by atoms with E-state index in [4.69, 9.17) is 9.47 Å². The van der Waals surface area contributed by atoms with E-state index in [9.17, 15) is 14.7 Å². The van der Waals surface area contributed by atoms with Gasteiger partial charge in [0.25, 0.3) is 11.7 Å². The third kappa shape index (κ3) is 3.19. The summed E-state index contributed by atoms with van der Waals surface area (Å²) in [6.45, 7) is 0.580. The molecule has 1 unspecified atom stereocenters. The van der Waals surface area contributed by atoms with Crippen molar-refractivity contribution in [1.82, 2.24) is 4.98 Å². The lowest BCUT2D eigenvalue weighted by molar-refractivity contribution is -0.132. The number of fused-ring (bicyclic) bond motifs is 1. The van der Waals surface area contributed by atoms with Gasteiger partial charge < -0.3 is 14.6 Å². The fourth-order valence-corrected chi connectivity index (χ4v) is 4.18. The van der Waals surface area contributed by atoms with E-state index in [2.05, 4.69) is 4.98 Å². The first-order valence-electron chi connectivity index (χ1n) is 10.2. The Morgan fingerprint density at radius 1 is 1.16 bits per heavy atom. The van der Waals surface area contributed by atoms with Crippen LogP contribution in [0, 0.1) is 0 Å². The first-order chi connectivity index (χ1) is 15.6. The number of aromatic nitrogens is 1. The van der Waals surface area contributed by atoms with Crippen molar-refractivity contribution in [3.63, 3.8) is 0 Å². The third-order valence-electron chi connectivity index (χ3n) is 5.76. The number of nitrogens with zero attached hydrogens (tertiary/aromatic N) is 2. The molecule has 7 heteroatoms. The molecule has 160 valence electrons. The van der Waals surface area contributed by atoms with Crippen LogP contribution in [0.5, 0.6) is 11.5 Å². The van der Waals surface area contributed by atoms with Crippen molar-refractivity contribution in [2.24, 2.45) is 0 Å². The van der Waals surface area contributed by atoms with Gasteiger partial charge in [-0.2, -0.15) is 0 Å². The number of amides is 1. The lowest BCUT2D eigenvalue weighted by Crippen LogP contribution is -2.29. The minimum Gasteiger partial charge on any atom is -0.507 e. The van der Waals surface area contributed by atoms with E-state index in [1.54, 1.807) is 74.1 Å². The molecule has 2 aliphatic heterocycles. The average molecular weight is 428 g/mol. The van der Waals surface area contributed by atoms with Crippen LogP contribution in [0.1, 0.15) is 22.7 Å². The highest BCUT2D eigenvalue weighted by atomic mass is 16.5. The molecule has 0 saturated carbocycles. The summed E-state index contributed by atoms with van der Waals surface area (Å²) in [4.78, 5) is 31.9. The summed E-state index contributed by atoms with van der Waals surface area (Å²) in [6, 6.07) is 14.8. The minimum atomic E-state index is -0.818. The van der Waals surface area contributed by atoms with E-state index in [1.165, 1.54) is 4.90 Å². The van der Waals surface area contributed by atoms with Gasteiger partial charge in [0.2, 0.25) is 0 Å². The van der Waals surface area contributed by atoms with Gasteiger partial charge in [0, 0.05) is 30.1 Å². The number of carbonyl (C=O) groups excluding carboxylic acids is 2. The number of anilines is 1. The van der Waals surface area contributed by atoms with Crippen molar-refractivity contribution >= 4 is 23.1 Å². The van der Waals surface area contributed by atoms with Crippen molar-refractivity contribution < 1.29 is 24.2 Å². The number of Topliss-reactive ketones (excluding diaryl/α,β-unsaturated/α-hetero) is 1. The molecular weight excluding hydrogens is 408 g/mol. The quantitative estimate of drug-likeness (QED) is 0.388. The molecule has 0 spiro atoms. The van der Waals surface area contributed by atoms with Gasteiger partial charge in [-0.3, -0.25) is 19.5 Å². The topological polar surface area (TPSA) is 89.0 Å². The van der Waals surface area contributed by atoms with Gasteiger partial charge >= 0.3 is 0 Å². The van der Waals surface area contributed by atoms with Crippen molar-refractivity contribution in [3.8, 4) is 11.5 Å². The highest BCUT2D eigenvalue weighted by Crippen LogP contribution is 2.42. The summed E-state index contributed by atoms with van der Waals surface area (Å²) in [5.41, 5.74) is 2.58. The largest absolute Gasteiger partial charge is 0.507 e. The number of ketones is 1. The smallest absolute Gasteiger partial charge is 0.300 e. The second-order valence-electron chi connectivity index (χ2n) is 7.57. The number of aliphatic hydroxyl groups is 1. The van der Waals surface area contributed by atoms with E-state index in [0.29, 0.717) is 29.2 Å². The molecule has 1 fully saturated rings. The molecule has 2 aromatic carbocycles. The molecule has 1 amide bonds. The maximum atomic E-state index is 13.2. The maximum absolute atomic E-state index is 13.2. The predicted molar refractivity (Wildman–Crippen MR) is 118 cm³/mol. The van der Waals surface area contributed by atoms with Crippen LogP contribution in [0.3, 0.4) is 0 Å². The Balaban J connectivity index is 1.67. The van der Waals surface area contributed by atoms with Crippen LogP contribution >= 0.6 is 0 Å². The van der Waals surface area contributed by atoms with Gasteiger partial charge in [-0.05, 0) is 59.7 Å². The van der Waals surface area contributed by atoms with Gasteiger partial charge in [0.05, 0.1) is 25.3 Å². The van der Waals surface area contributed by atoms with Crippen molar-refractivity contribution in [2.45, 2.75) is 12.5 Å². The number of rotatable bonds is 4. The monoisotopic (exact) mass is 428 g/mol. The molecule has 0 radical (unpaired) electrons. The zero-order chi connectivity index (χ0) is 22.2. The third-order valence-corrected chi connectivity index (χ3v) is 5.76. The van der Waals surface area contributed by atoms with Crippen LogP contribution in [0.2, 0.25) is 0 Å². The fourth-order valence-electron chi connectivity index (χ4n) is 4.18. The van der Waals surface area contributed by atoms with Crippen LogP contribution in [0.4, 0.5) is 5.69 Å². The number of carbonyl (C=O) groups is 2. The number of methoxy groups -OCH3 is 1. The number of ether oxygens (including phenoxy) is 2. The number of hydrogen-bond acceptors (Lipinski definition) is 6. The van der Waals surface area contributed by atoms with E-state index < -0.39 is 17.7 Å². The zero-order valence-electron chi connectivity index (χ0n) is 17.3. The molecule has 2 aliphatic rings. The first-order valence-corrected chi connectivity index (χ1v) is 10.2. The fraction of sp³-hybridized carbons (Fsp3) is 0.160. The van der Waals surface area contributed by atoms with Gasteiger partial charge in [-0.15, -0.1) is 0 Å². The number of pyridine rings is 1. The maximum Gasteiger partial charge on any atom is 0.300 e. The van der Waals surface area contributed by atoms with E-state index >= 15 is 0 Å². The van der Waals surface area contributed by atoms with E-state index in [-0.39, 0.29) is 11.3 Å². The van der Waals surface area contributed by atoms with Crippen LogP contribution in [-0.4, -0.2) is 35.5 Å². The Hall–Kier alpha value is -4.13. The minimum absolute atomic E-state index is 0.0256. The van der Waals surface area contributed by atoms with Crippen LogP contribution in [0.25, 0.3) is 5.76 Å². The Kier molecular flexibility index (Phi) is 4.86. The molecule has 5 rings (SSSR count). The summed E-state index contributed by atoms with van der Waals surface area (Å²) in [5.74, 6) is -0.283. The molecular formula is C25H20N2O5. The van der Waals surface area contributed by atoms with Crippen molar-refractivity contribution in [1.29, 1.82) is 0 Å². The molecule has 1 N–H and O–H groups in total. The SMILES string of the molecule is COc1ccc(N2C(=O)C(=O)/C(=C(\O)c3ccc4c(c3)CCO4)C2c2cccnc2)cc1. The summed E-state index contributed by atoms with van der Waals surface area (Å²) < 4.78 is 10.7. The molecule has 0 bridgehead atoms. The normalized spacial score (nSPS) is 19.0. The summed E-state index contributed by atoms with van der Waals surface area (Å²) in [6.07, 6.45) is 3.93. The van der Waals surface area contributed by atoms with Crippen LogP contribution < -0.4 is 14.4 Å². The number of hydrogen-bond donors (Lipinski definition) is 1. The van der Waals surface area contributed by atoms with E-state index in [0.717, 1.165) is 17.7 Å². The van der Waals surface area contributed by atoms with Gasteiger partial charge in [-0.1, -0.05) is 6.07 Å². The number of aliphatic hydroxyl groups excluding tert-OH is 1. The standard InChI is InChI=1S/C25H20N2O5/c1-31-19-7-5-18(6-8-19)27-22(17-3-2-11-26-14-17)21(24(29)25(27)30)23(28)16-4-9-20-15(13-16)10-12-32-20/h2-9,11,13-14,22,28H,10,12H2,1H3/b23-21-. The Labute approximate surface area is 184 Å². The molecule has 1 atom stereocenters. The molecule has 7 nitrogen and oxygen atoms in total.